The predicted molar refractivity (Wildman–Crippen MR) is 315 cm³/mol. The van der Waals surface area contributed by atoms with Gasteiger partial charge in [0.05, 0.1) is 25.4 Å². The third-order valence-electron chi connectivity index (χ3n) is 15.0. The highest BCUT2D eigenvalue weighted by Gasteiger charge is 2.47. The number of aliphatic hydroxyl groups excluding tert-OH is 5. The standard InChI is InChI=1S/C65H119NO10/c1-4-7-10-13-16-19-22-25-27-29-30-31-33-35-38-41-44-47-50-53-60(70)76-63-62(72)61(71)59(54-67)75-65(63)74-55-56(57(68)51-48-45-42-39-36-24-21-18-15-12-9-6-3)66-64(73)58(69)52-49-46-43-40-37-34-32-28-26-23-20-17-14-11-8-5-2/h16,19,25-28,48,51,56-59,61-63,65,67-69,71-72H,4-15,17-18,20-24,29-47,49-50,52-55H2,1-3H3,(H,66,73)/b19-16-,27-25-,28-26+,51-48+. The predicted octanol–water partition coefficient (Wildman–Crippen LogP) is 15.2. The van der Waals surface area contributed by atoms with E-state index in [4.69, 9.17) is 14.2 Å². The Hall–Kier alpha value is -2.38. The first-order valence-electron chi connectivity index (χ1n) is 31.9. The molecule has 1 amide bonds. The maximum absolute atomic E-state index is 13.4. The van der Waals surface area contributed by atoms with E-state index in [1.807, 2.05) is 6.08 Å². The molecule has 1 saturated heterocycles. The molecule has 11 nitrogen and oxygen atoms in total. The number of rotatable bonds is 54. The summed E-state index contributed by atoms with van der Waals surface area (Å²) in [6, 6.07) is -1.03. The number of hydrogen-bond donors (Lipinski definition) is 6. The van der Waals surface area contributed by atoms with E-state index >= 15 is 0 Å². The average molecular weight is 1070 g/mol. The summed E-state index contributed by atoms with van der Waals surface area (Å²) in [7, 11) is 0. The van der Waals surface area contributed by atoms with Gasteiger partial charge in [0.25, 0.3) is 0 Å². The third kappa shape index (κ3) is 40.8. The van der Waals surface area contributed by atoms with Gasteiger partial charge in [0.1, 0.15) is 24.4 Å². The first-order chi connectivity index (χ1) is 37.2. The Bertz CT molecular complexity index is 1420. The lowest BCUT2D eigenvalue weighted by atomic mass is 9.99. The lowest BCUT2D eigenvalue weighted by molar-refractivity contribution is -0.305. The Labute approximate surface area is 466 Å². The van der Waals surface area contributed by atoms with E-state index in [2.05, 4.69) is 62.5 Å². The minimum atomic E-state index is -1.62. The smallest absolute Gasteiger partial charge is 0.306 e. The van der Waals surface area contributed by atoms with Gasteiger partial charge in [-0.2, -0.15) is 0 Å². The molecule has 0 saturated carbocycles. The molecule has 6 N–H and O–H groups in total. The van der Waals surface area contributed by atoms with Crippen molar-refractivity contribution in [3.8, 4) is 0 Å². The van der Waals surface area contributed by atoms with E-state index in [0.29, 0.717) is 12.8 Å². The third-order valence-corrected chi connectivity index (χ3v) is 15.0. The Morgan fingerprint density at radius 1 is 0.513 bits per heavy atom. The van der Waals surface area contributed by atoms with Crippen LogP contribution in [0.5, 0.6) is 0 Å². The molecule has 0 aromatic rings. The SMILES string of the molecule is CCCCC/C=C\C/C=C\CCCCCCCCCCCC(=O)OC1C(OCC(NC(=O)C(O)CCCCCCCC/C=C/CCCCCCCC)C(O)/C=C/CCCCCCCCCCCC)OC(CO)C(O)C1O. The van der Waals surface area contributed by atoms with Gasteiger partial charge >= 0.3 is 5.97 Å². The fourth-order valence-electron chi connectivity index (χ4n) is 9.85. The van der Waals surface area contributed by atoms with Crippen LogP contribution in [0.25, 0.3) is 0 Å². The summed E-state index contributed by atoms with van der Waals surface area (Å²) < 4.78 is 17.6. The van der Waals surface area contributed by atoms with E-state index in [1.54, 1.807) is 6.08 Å². The lowest BCUT2D eigenvalue weighted by Crippen LogP contribution is -2.61. The highest BCUT2D eigenvalue weighted by molar-refractivity contribution is 5.80. The van der Waals surface area contributed by atoms with Crippen LogP contribution in [0.1, 0.15) is 290 Å². The van der Waals surface area contributed by atoms with Gasteiger partial charge in [-0.1, -0.05) is 249 Å². The van der Waals surface area contributed by atoms with Crippen LogP contribution in [0.15, 0.2) is 48.6 Å². The van der Waals surface area contributed by atoms with Crippen LogP contribution in [-0.4, -0.2) is 99.6 Å². The van der Waals surface area contributed by atoms with Crippen molar-refractivity contribution in [3.05, 3.63) is 48.6 Å². The number of hydrogen-bond acceptors (Lipinski definition) is 10. The van der Waals surface area contributed by atoms with Gasteiger partial charge in [0.15, 0.2) is 12.4 Å². The molecule has 1 heterocycles. The molecule has 0 bridgehead atoms. The maximum Gasteiger partial charge on any atom is 0.306 e. The Morgan fingerprint density at radius 2 is 0.908 bits per heavy atom. The molecular weight excluding hydrogens is 955 g/mol. The van der Waals surface area contributed by atoms with Gasteiger partial charge in [0, 0.05) is 6.42 Å². The molecule has 0 spiro atoms. The van der Waals surface area contributed by atoms with Gasteiger partial charge in [-0.15, -0.1) is 0 Å². The second-order valence-corrected chi connectivity index (χ2v) is 22.1. The largest absolute Gasteiger partial charge is 0.454 e. The highest BCUT2D eigenvalue weighted by atomic mass is 16.7. The molecule has 0 aliphatic carbocycles. The van der Waals surface area contributed by atoms with Gasteiger partial charge in [-0.05, 0) is 83.5 Å². The molecule has 1 aliphatic heterocycles. The summed E-state index contributed by atoms with van der Waals surface area (Å²) in [6.45, 7) is 5.77. The molecule has 8 unspecified atom stereocenters. The molecule has 8 atom stereocenters. The number of aliphatic hydroxyl groups is 5. The molecule has 0 radical (unpaired) electrons. The second-order valence-electron chi connectivity index (χ2n) is 22.1. The van der Waals surface area contributed by atoms with E-state index in [9.17, 15) is 35.1 Å². The second kappa shape index (κ2) is 53.3. The van der Waals surface area contributed by atoms with Crippen molar-refractivity contribution in [2.24, 2.45) is 0 Å². The van der Waals surface area contributed by atoms with Crippen molar-refractivity contribution < 1.29 is 49.3 Å². The summed E-state index contributed by atoms with van der Waals surface area (Å²) in [5.74, 6) is -1.20. The van der Waals surface area contributed by atoms with Crippen molar-refractivity contribution in [3.63, 3.8) is 0 Å². The molecule has 0 aromatic heterocycles. The minimum absolute atomic E-state index is 0.119. The van der Waals surface area contributed by atoms with Crippen LogP contribution < -0.4 is 5.32 Å². The van der Waals surface area contributed by atoms with Crippen molar-refractivity contribution >= 4 is 11.9 Å². The Balaban J connectivity index is 2.66. The number of carbonyl (C=O) groups is 2. The Kier molecular flexibility index (Phi) is 50.2. The molecule has 11 heteroatoms. The number of ether oxygens (including phenoxy) is 3. The zero-order valence-electron chi connectivity index (χ0n) is 49.1. The highest BCUT2D eigenvalue weighted by Crippen LogP contribution is 2.26. The summed E-state index contributed by atoms with van der Waals surface area (Å²) in [5, 5.41) is 57.0. The fourth-order valence-corrected chi connectivity index (χ4v) is 9.85. The molecule has 76 heavy (non-hydrogen) atoms. The molecule has 1 rings (SSSR count). The minimum Gasteiger partial charge on any atom is -0.454 e. The summed E-state index contributed by atoms with van der Waals surface area (Å²) in [6.07, 6.45) is 54.3. The lowest BCUT2D eigenvalue weighted by Gasteiger charge is -2.41. The number of carbonyl (C=O) groups excluding carboxylic acids is 2. The van der Waals surface area contributed by atoms with Crippen LogP contribution in [0.4, 0.5) is 0 Å². The summed E-state index contributed by atoms with van der Waals surface area (Å²) in [5.41, 5.74) is 0. The van der Waals surface area contributed by atoms with E-state index in [1.165, 1.54) is 161 Å². The van der Waals surface area contributed by atoms with E-state index in [0.717, 1.165) is 83.5 Å². The first-order valence-corrected chi connectivity index (χ1v) is 31.9. The van der Waals surface area contributed by atoms with Crippen molar-refractivity contribution in [1.82, 2.24) is 5.32 Å². The zero-order valence-corrected chi connectivity index (χ0v) is 49.1. The Morgan fingerprint density at radius 3 is 1.38 bits per heavy atom. The molecule has 0 aromatic carbocycles. The molecule has 1 aliphatic rings. The van der Waals surface area contributed by atoms with Gasteiger partial charge in [0.2, 0.25) is 5.91 Å². The van der Waals surface area contributed by atoms with Crippen LogP contribution >= 0.6 is 0 Å². The van der Waals surface area contributed by atoms with Crippen LogP contribution in [-0.2, 0) is 23.8 Å². The normalized spacial score (nSPS) is 19.4. The van der Waals surface area contributed by atoms with Crippen molar-refractivity contribution in [2.75, 3.05) is 13.2 Å². The molecule has 444 valence electrons. The monoisotopic (exact) mass is 1070 g/mol. The van der Waals surface area contributed by atoms with Gasteiger partial charge in [-0.3, -0.25) is 9.59 Å². The number of amides is 1. The number of esters is 1. The number of nitrogens with one attached hydrogen (secondary N) is 1. The maximum atomic E-state index is 13.4. The van der Waals surface area contributed by atoms with Crippen molar-refractivity contribution in [2.45, 2.75) is 339 Å². The number of unbranched alkanes of at least 4 members (excludes halogenated alkanes) is 34. The van der Waals surface area contributed by atoms with Gasteiger partial charge in [-0.25, -0.2) is 0 Å². The molecule has 1 fully saturated rings. The van der Waals surface area contributed by atoms with E-state index < -0.39 is 67.4 Å². The van der Waals surface area contributed by atoms with Crippen LogP contribution in [0.2, 0.25) is 0 Å². The van der Waals surface area contributed by atoms with Crippen LogP contribution in [0, 0.1) is 0 Å². The topological polar surface area (TPSA) is 175 Å². The summed E-state index contributed by atoms with van der Waals surface area (Å²) >= 11 is 0. The fraction of sp³-hybridized carbons (Fsp3) is 0.846. The molecular formula is C65H119NO10. The number of allylic oxidation sites excluding steroid dienone is 7. The average Bonchev–Trinajstić information content (AvgIpc) is 3.42. The zero-order chi connectivity index (χ0) is 55.4. The quantitative estimate of drug-likeness (QED) is 0.0195. The summed E-state index contributed by atoms with van der Waals surface area (Å²) in [4.78, 5) is 26.6. The first kappa shape index (κ1) is 71.6. The van der Waals surface area contributed by atoms with E-state index in [-0.39, 0.29) is 19.4 Å². The van der Waals surface area contributed by atoms with Crippen LogP contribution in [0.3, 0.4) is 0 Å². The van der Waals surface area contributed by atoms with Gasteiger partial charge < -0.3 is 45.1 Å². The van der Waals surface area contributed by atoms with Crippen molar-refractivity contribution in [1.29, 1.82) is 0 Å².